The van der Waals surface area contributed by atoms with Gasteiger partial charge in [-0.1, -0.05) is 12.1 Å². The van der Waals surface area contributed by atoms with Crippen LogP contribution in [0.2, 0.25) is 0 Å². The number of barbiturate groups is 1. The molecule has 0 bridgehead atoms. The van der Waals surface area contributed by atoms with E-state index in [1.165, 1.54) is 13.2 Å². The van der Waals surface area contributed by atoms with Crippen molar-refractivity contribution in [2.75, 3.05) is 18.6 Å². The van der Waals surface area contributed by atoms with E-state index in [9.17, 15) is 14.4 Å². The Bertz CT molecular complexity index is 1030. The maximum absolute atomic E-state index is 13.0. The first-order valence-electron chi connectivity index (χ1n) is 8.84. The van der Waals surface area contributed by atoms with Gasteiger partial charge in [0.25, 0.3) is 11.8 Å². The van der Waals surface area contributed by atoms with Crippen LogP contribution in [-0.4, -0.2) is 31.6 Å². The largest absolute Gasteiger partial charge is 0.492 e. The Morgan fingerprint density at radius 3 is 2.59 bits per heavy atom. The summed E-state index contributed by atoms with van der Waals surface area (Å²) in [6.45, 7) is 4.10. The quantitative estimate of drug-likeness (QED) is 0.543. The first-order chi connectivity index (χ1) is 13.8. The minimum Gasteiger partial charge on any atom is -0.492 e. The zero-order chi connectivity index (χ0) is 21.1. The van der Waals surface area contributed by atoms with Gasteiger partial charge >= 0.3 is 6.03 Å². The molecule has 1 aliphatic heterocycles. The van der Waals surface area contributed by atoms with Crippen LogP contribution < -0.4 is 19.7 Å². The molecule has 8 heteroatoms. The van der Waals surface area contributed by atoms with Gasteiger partial charge in [0.15, 0.2) is 11.5 Å². The number of urea groups is 1. The molecular weight excluding hydrogens is 440 g/mol. The molecule has 0 radical (unpaired) electrons. The summed E-state index contributed by atoms with van der Waals surface area (Å²) in [7, 11) is 1.52. The van der Waals surface area contributed by atoms with Crippen molar-refractivity contribution in [2.45, 2.75) is 13.8 Å². The van der Waals surface area contributed by atoms with Crippen molar-refractivity contribution in [2.24, 2.45) is 0 Å². The number of nitrogens with zero attached hydrogens (tertiary/aromatic N) is 1. The van der Waals surface area contributed by atoms with Crippen LogP contribution in [0.1, 0.15) is 18.1 Å². The number of imide groups is 2. The highest BCUT2D eigenvalue weighted by Gasteiger charge is 2.36. The SMILES string of the molecule is CCOc1cc(/C=C2\C(=O)NC(=O)N(c3cccc(C)c3)C2=O)cc(Br)c1OC. The molecule has 0 aromatic heterocycles. The molecule has 1 saturated heterocycles. The second-order valence-corrected chi connectivity index (χ2v) is 7.12. The Morgan fingerprint density at radius 2 is 1.93 bits per heavy atom. The van der Waals surface area contributed by atoms with Crippen molar-refractivity contribution in [1.82, 2.24) is 5.32 Å². The number of nitrogens with one attached hydrogen (secondary N) is 1. The average Bonchev–Trinajstić information content (AvgIpc) is 2.65. The number of methoxy groups -OCH3 is 1. The van der Waals surface area contributed by atoms with E-state index in [4.69, 9.17) is 9.47 Å². The standard InChI is InChI=1S/C21H19BrN2O5/c1-4-29-17-11-13(10-16(22)18(17)28-3)9-15-19(25)23-21(27)24(20(15)26)14-7-5-6-12(2)8-14/h5-11H,4H2,1-3H3,(H,23,25,27)/b15-9+. The normalized spacial score (nSPS) is 15.5. The van der Waals surface area contributed by atoms with Crippen LogP contribution in [0.25, 0.3) is 6.08 Å². The van der Waals surface area contributed by atoms with Gasteiger partial charge in [0, 0.05) is 0 Å². The predicted octanol–water partition coefficient (Wildman–Crippen LogP) is 3.83. The van der Waals surface area contributed by atoms with E-state index in [-0.39, 0.29) is 5.57 Å². The van der Waals surface area contributed by atoms with Crippen LogP contribution in [0.15, 0.2) is 46.4 Å². The summed E-state index contributed by atoms with van der Waals surface area (Å²) in [5.74, 6) is -0.487. The summed E-state index contributed by atoms with van der Waals surface area (Å²) in [5, 5.41) is 2.22. The number of amides is 4. The molecule has 1 heterocycles. The third-order valence-electron chi connectivity index (χ3n) is 4.21. The Balaban J connectivity index is 2.05. The zero-order valence-corrected chi connectivity index (χ0v) is 17.7. The smallest absolute Gasteiger partial charge is 0.335 e. The molecule has 2 aromatic carbocycles. The number of halogens is 1. The molecule has 1 fully saturated rings. The minimum absolute atomic E-state index is 0.161. The summed E-state index contributed by atoms with van der Waals surface area (Å²) in [6, 6.07) is 9.49. The van der Waals surface area contributed by atoms with E-state index < -0.39 is 17.8 Å². The second-order valence-electron chi connectivity index (χ2n) is 6.26. The molecule has 0 spiro atoms. The number of anilines is 1. The topological polar surface area (TPSA) is 84.9 Å². The highest BCUT2D eigenvalue weighted by molar-refractivity contribution is 9.10. The average molecular weight is 459 g/mol. The molecule has 3 rings (SSSR count). The number of benzene rings is 2. The Kier molecular flexibility index (Phi) is 6.03. The van der Waals surface area contributed by atoms with Crippen LogP contribution in [0.4, 0.5) is 10.5 Å². The van der Waals surface area contributed by atoms with Crippen molar-refractivity contribution < 1.29 is 23.9 Å². The Morgan fingerprint density at radius 1 is 1.17 bits per heavy atom. The molecule has 0 unspecified atom stereocenters. The van der Waals surface area contributed by atoms with E-state index in [2.05, 4.69) is 21.2 Å². The molecule has 0 atom stereocenters. The maximum atomic E-state index is 13.0. The van der Waals surface area contributed by atoms with Crippen LogP contribution in [-0.2, 0) is 9.59 Å². The van der Waals surface area contributed by atoms with Gasteiger partial charge in [0.1, 0.15) is 5.57 Å². The van der Waals surface area contributed by atoms with Crippen molar-refractivity contribution in [1.29, 1.82) is 0 Å². The number of rotatable bonds is 5. The molecule has 2 aromatic rings. The van der Waals surface area contributed by atoms with Gasteiger partial charge in [-0.2, -0.15) is 0 Å². The van der Waals surface area contributed by atoms with Gasteiger partial charge in [0.05, 0.1) is 23.9 Å². The minimum atomic E-state index is -0.784. The highest BCUT2D eigenvalue weighted by atomic mass is 79.9. The van der Waals surface area contributed by atoms with Crippen molar-refractivity contribution in [3.63, 3.8) is 0 Å². The van der Waals surface area contributed by atoms with Crippen LogP contribution in [0.3, 0.4) is 0 Å². The summed E-state index contributed by atoms with van der Waals surface area (Å²) in [6.07, 6.45) is 1.42. The molecule has 29 heavy (non-hydrogen) atoms. The van der Waals surface area contributed by atoms with E-state index in [0.717, 1.165) is 10.5 Å². The number of ether oxygens (including phenoxy) is 2. The molecule has 4 amide bonds. The molecule has 1 aliphatic rings. The van der Waals surface area contributed by atoms with Gasteiger partial charge in [0.2, 0.25) is 0 Å². The number of aryl methyl sites for hydroxylation is 1. The van der Waals surface area contributed by atoms with Crippen molar-refractivity contribution >= 4 is 45.5 Å². The fraction of sp³-hybridized carbons (Fsp3) is 0.190. The lowest BCUT2D eigenvalue weighted by Gasteiger charge is -2.26. The van der Waals surface area contributed by atoms with Gasteiger partial charge in [-0.05, 0) is 71.2 Å². The van der Waals surface area contributed by atoms with E-state index >= 15 is 0 Å². The number of carbonyl (C=O) groups is 3. The fourth-order valence-corrected chi connectivity index (χ4v) is 3.58. The molecule has 0 saturated carbocycles. The van der Waals surface area contributed by atoms with E-state index in [1.807, 2.05) is 19.9 Å². The summed E-state index contributed by atoms with van der Waals surface area (Å²) < 4.78 is 11.5. The van der Waals surface area contributed by atoms with Gasteiger partial charge in [-0.15, -0.1) is 0 Å². The third kappa shape index (κ3) is 4.17. The Hall–Kier alpha value is -3.13. The molecule has 7 nitrogen and oxygen atoms in total. The highest BCUT2D eigenvalue weighted by Crippen LogP contribution is 2.37. The fourth-order valence-electron chi connectivity index (χ4n) is 2.96. The van der Waals surface area contributed by atoms with Crippen LogP contribution >= 0.6 is 15.9 Å². The molecule has 1 N–H and O–H groups in total. The molecular formula is C21H19BrN2O5. The second kappa shape index (κ2) is 8.48. The summed E-state index contributed by atoms with van der Waals surface area (Å²) in [5.41, 5.74) is 1.64. The lowest BCUT2D eigenvalue weighted by molar-refractivity contribution is -0.122. The maximum Gasteiger partial charge on any atom is 0.335 e. The van der Waals surface area contributed by atoms with Gasteiger partial charge in [-0.25, -0.2) is 9.69 Å². The van der Waals surface area contributed by atoms with Crippen LogP contribution in [0, 0.1) is 6.92 Å². The summed E-state index contributed by atoms with van der Waals surface area (Å²) in [4.78, 5) is 38.6. The van der Waals surface area contributed by atoms with Crippen LogP contribution in [0.5, 0.6) is 11.5 Å². The number of hydrogen-bond acceptors (Lipinski definition) is 5. The van der Waals surface area contributed by atoms with Crippen molar-refractivity contribution in [3.05, 3.63) is 57.6 Å². The summed E-state index contributed by atoms with van der Waals surface area (Å²) >= 11 is 3.41. The van der Waals surface area contributed by atoms with Gasteiger partial charge in [-0.3, -0.25) is 14.9 Å². The predicted molar refractivity (Wildman–Crippen MR) is 112 cm³/mol. The molecule has 150 valence electrons. The molecule has 0 aliphatic carbocycles. The third-order valence-corrected chi connectivity index (χ3v) is 4.80. The first kappa shape index (κ1) is 20.6. The van der Waals surface area contributed by atoms with Crippen molar-refractivity contribution in [3.8, 4) is 11.5 Å². The number of hydrogen-bond donors (Lipinski definition) is 1. The van der Waals surface area contributed by atoms with E-state index in [1.54, 1.807) is 30.3 Å². The zero-order valence-electron chi connectivity index (χ0n) is 16.1. The monoisotopic (exact) mass is 458 g/mol. The lowest BCUT2D eigenvalue weighted by Crippen LogP contribution is -2.54. The Labute approximate surface area is 176 Å². The van der Waals surface area contributed by atoms with Gasteiger partial charge < -0.3 is 9.47 Å². The number of carbonyl (C=O) groups excluding carboxylic acids is 3. The van der Waals surface area contributed by atoms with E-state index in [0.29, 0.717) is 33.8 Å². The first-order valence-corrected chi connectivity index (χ1v) is 9.63. The lowest BCUT2D eigenvalue weighted by atomic mass is 10.1.